The van der Waals surface area contributed by atoms with Crippen molar-refractivity contribution >= 4 is 5.97 Å². The van der Waals surface area contributed by atoms with Crippen molar-refractivity contribution in [3.8, 4) is 0 Å². The van der Waals surface area contributed by atoms with Crippen LogP contribution in [0.1, 0.15) is 13.8 Å². The van der Waals surface area contributed by atoms with Gasteiger partial charge in [-0.15, -0.1) is 6.58 Å². The largest absolute Gasteiger partial charge is 0.457 e. The van der Waals surface area contributed by atoms with Gasteiger partial charge in [-0.05, 0) is 13.8 Å². The SMILES string of the molecule is C=CCOC(COC(=O)C(=C)C)OCC. The van der Waals surface area contributed by atoms with E-state index in [1.54, 1.807) is 13.0 Å². The highest BCUT2D eigenvalue weighted by molar-refractivity contribution is 5.86. The molecule has 0 spiro atoms. The highest BCUT2D eigenvalue weighted by Crippen LogP contribution is 1.99. The molecule has 0 saturated carbocycles. The third-order valence-corrected chi connectivity index (χ3v) is 1.45. The van der Waals surface area contributed by atoms with Gasteiger partial charge in [-0.25, -0.2) is 4.79 Å². The number of esters is 1. The van der Waals surface area contributed by atoms with Gasteiger partial charge < -0.3 is 14.2 Å². The van der Waals surface area contributed by atoms with Crippen LogP contribution < -0.4 is 0 Å². The summed E-state index contributed by atoms with van der Waals surface area (Å²) in [7, 11) is 0. The van der Waals surface area contributed by atoms with Crippen LogP contribution in [0.25, 0.3) is 0 Å². The molecule has 0 radical (unpaired) electrons. The summed E-state index contributed by atoms with van der Waals surface area (Å²) in [5, 5.41) is 0. The smallest absolute Gasteiger partial charge is 0.333 e. The van der Waals surface area contributed by atoms with E-state index in [0.29, 0.717) is 18.8 Å². The Morgan fingerprint density at radius 1 is 1.47 bits per heavy atom. The number of hydrogen-bond acceptors (Lipinski definition) is 4. The first-order valence-electron chi connectivity index (χ1n) is 4.78. The van der Waals surface area contributed by atoms with E-state index in [2.05, 4.69) is 13.2 Å². The van der Waals surface area contributed by atoms with Gasteiger partial charge in [0.25, 0.3) is 0 Å². The summed E-state index contributed by atoms with van der Waals surface area (Å²) in [5.41, 5.74) is 0.356. The number of carbonyl (C=O) groups is 1. The molecule has 0 aliphatic rings. The average molecular weight is 214 g/mol. The van der Waals surface area contributed by atoms with E-state index < -0.39 is 12.3 Å². The second kappa shape index (κ2) is 8.20. The van der Waals surface area contributed by atoms with Crippen LogP contribution in [0.2, 0.25) is 0 Å². The van der Waals surface area contributed by atoms with Crippen LogP contribution in [0, 0.1) is 0 Å². The number of carbonyl (C=O) groups excluding carboxylic acids is 1. The molecule has 0 rings (SSSR count). The fraction of sp³-hybridized carbons (Fsp3) is 0.545. The van der Waals surface area contributed by atoms with Crippen molar-refractivity contribution < 1.29 is 19.0 Å². The van der Waals surface area contributed by atoms with E-state index in [9.17, 15) is 4.79 Å². The zero-order valence-electron chi connectivity index (χ0n) is 9.32. The molecule has 15 heavy (non-hydrogen) atoms. The second-order valence-corrected chi connectivity index (χ2v) is 2.89. The van der Waals surface area contributed by atoms with Gasteiger partial charge in [-0.1, -0.05) is 12.7 Å². The van der Waals surface area contributed by atoms with E-state index in [1.165, 1.54) is 0 Å². The third-order valence-electron chi connectivity index (χ3n) is 1.45. The molecule has 0 amide bonds. The van der Waals surface area contributed by atoms with Gasteiger partial charge in [-0.3, -0.25) is 0 Å². The topological polar surface area (TPSA) is 44.8 Å². The molecule has 0 bridgehead atoms. The summed E-state index contributed by atoms with van der Waals surface area (Å²) >= 11 is 0. The number of hydrogen-bond donors (Lipinski definition) is 0. The summed E-state index contributed by atoms with van der Waals surface area (Å²) in [6.45, 7) is 11.3. The molecule has 1 unspecified atom stereocenters. The third kappa shape index (κ3) is 6.88. The molecule has 1 atom stereocenters. The van der Waals surface area contributed by atoms with E-state index >= 15 is 0 Å². The molecule has 4 heteroatoms. The maximum atomic E-state index is 11.1. The van der Waals surface area contributed by atoms with Crippen LogP contribution in [-0.2, 0) is 19.0 Å². The predicted octanol–water partition coefficient (Wildman–Crippen LogP) is 1.67. The summed E-state index contributed by atoms with van der Waals surface area (Å²) in [6.07, 6.45) is 1.06. The molecule has 0 N–H and O–H groups in total. The second-order valence-electron chi connectivity index (χ2n) is 2.89. The van der Waals surface area contributed by atoms with Gasteiger partial charge >= 0.3 is 5.97 Å². The van der Waals surface area contributed by atoms with Gasteiger partial charge in [0.2, 0.25) is 0 Å². The molecule has 0 saturated heterocycles. The summed E-state index contributed by atoms with van der Waals surface area (Å²) in [4.78, 5) is 11.1. The van der Waals surface area contributed by atoms with Crippen LogP contribution in [0.5, 0.6) is 0 Å². The average Bonchev–Trinajstić information content (AvgIpc) is 2.21. The van der Waals surface area contributed by atoms with Crippen LogP contribution in [-0.4, -0.2) is 32.1 Å². The van der Waals surface area contributed by atoms with Crippen molar-refractivity contribution in [3.63, 3.8) is 0 Å². The van der Waals surface area contributed by atoms with Gasteiger partial charge in [-0.2, -0.15) is 0 Å². The maximum Gasteiger partial charge on any atom is 0.333 e. The maximum absolute atomic E-state index is 11.1. The molecule has 0 aromatic carbocycles. The standard InChI is InChI=1S/C11H18O4/c1-5-7-14-10(13-6-2)8-15-11(12)9(3)4/h5,10H,1,3,6-8H2,2,4H3. The monoisotopic (exact) mass is 214 g/mol. The Labute approximate surface area is 90.5 Å². The van der Waals surface area contributed by atoms with Crippen molar-refractivity contribution in [2.45, 2.75) is 20.1 Å². The lowest BCUT2D eigenvalue weighted by Crippen LogP contribution is -2.25. The molecular formula is C11H18O4. The Morgan fingerprint density at radius 3 is 2.60 bits per heavy atom. The van der Waals surface area contributed by atoms with E-state index in [1.807, 2.05) is 6.92 Å². The van der Waals surface area contributed by atoms with Crippen molar-refractivity contribution in [2.24, 2.45) is 0 Å². The molecule has 0 aliphatic carbocycles. The number of ether oxygens (including phenoxy) is 3. The van der Waals surface area contributed by atoms with Crippen molar-refractivity contribution in [1.82, 2.24) is 0 Å². The zero-order valence-corrected chi connectivity index (χ0v) is 9.32. The summed E-state index contributed by atoms with van der Waals surface area (Å²) < 4.78 is 15.3. The molecular weight excluding hydrogens is 196 g/mol. The van der Waals surface area contributed by atoms with Crippen LogP contribution in [0.15, 0.2) is 24.8 Å². The first-order chi connectivity index (χ1) is 7.11. The van der Waals surface area contributed by atoms with E-state index in [-0.39, 0.29) is 6.61 Å². The summed E-state index contributed by atoms with van der Waals surface area (Å²) in [5.74, 6) is -0.443. The zero-order chi connectivity index (χ0) is 11.7. The Balaban J connectivity index is 3.88. The van der Waals surface area contributed by atoms with Gasteiger partial charge in [0.15, 0.2) is 6.29 Å². The molecule has 4 nitrogen and oxygen atoms in total. The molecule has 0 heterocycles. The minimum absolute atomic E-state index is 0.0629. The minimum Gasteiger partial charge on any atom is -0.457 e. The van der Waals surface area contributed by atoms with Gasteiger partial charge in [0, 0.05) is 12.2 Å². The molecule has 86 valence electrons. The Morgan fingerprint density at radius 2 is 2.13 bits per heavy atom. The number of rotatable bonds is 8. The lowest BCUT2D eigenvalue weighted by Gasteiger charge is -2.16. The first kappa shape index (κ1) is 13.9. The van der Waals surface area contributed by atoms with Crippen LogP contribution in [0.3, 0.4) is 0 Å². The van der Waals surface area contributed by atoms with Crippen molar-refractivity contribution in [2.75, 3.05) is 19.8 Å². The minimum atomic E-state index is -0.545. The van der Waals surface area contributed by atoms with Crippen LogP contribution in [0.4, 0.5) is 0 Å². The van der Waals surface area contributed by atoms with Crippen LogP contribution >= 0.6 is 0 Å². The summed E-state index contributed by atoms with van der Waals surface area (Å²) in [6, 6.07) is 0. The highest BCUT2D eigenvalue weighted by atomic mass is 16.7. The Kier molecular flexibility index (Phi) is 7.58. The van der Waals surface area contributed by atoms with Gasteiger partial charge in [0.1, 0.15) is 6.61 Å². The van der Waals surface area contributed by atoms with E-state index in [4.69, 9.17) is 14.2 Å². The molecule has 0 aliphatic heterocycles. The molecule has 0 aromatic heterocycles. The Bertz CT molecular complexity index is 223. The fourth-order valence-electron chi connectivity index (χ4n) is 0.773. The normalized spacial score (nSPS) is 11.9. The lowest BCUT2D eigenvalue weighted by molar-refractivity contribution is -0.174. The van der Waals surface area contributed by atoms with E-state index in [0.717, 1.165) is 0 Å². The quantitative estimate of drug-likeness (QED) is 0.267. The molecule has 0 aromatic rings. The Hall–Kier alpha value is -1.13. The fourth-order valence-corrected chi connectivity index (χ4v) is 0.773. The van der Waals surface area contributed by atoms with Crippen molar-refractivity contribution in [1.29, 1.82) is 0 Å². The molecule has 0 fully saturated rings. The predicted molar refractivity (Wildman–Crippen MR) is 57.3 cm³/mol. The van der Waals surface area contributed by atoms with Crippen molar-refractivity contribution in [3.05, 3.63) is 24.8 Å². The highest BCUT2D eigenvalue weighted by Gasteiger charge is 2.11. The lowest BCUT2D eigenvalue weighted by atomic mass is 10.4. The first-order valence-corrected chi connectivity index (χ1v) is 4.78. The van der Waals surface area contributed by atoms with Gasteiger partial charge in [0.05, 0.1) is 6.61 Å².